The Labute approximate surface area is 229 Å². The number of fused-ring (bicyclic) bond motifs is 2. The zero-order chi connectivity index (χ0) is 27.6. The lowest BCUT2D eigenvalue weighted by atomic mass is 9.92. The second-order valence-electron chi connectivity index (χ2n) is 9.53. The van der Waals surface area contributed by atoms with E-state index in [0.717, 1.165) is 38.2 Å². The fourth-order valence-electron chi connectivity index (χ4n) is 5.02. The molecule has 0 spiro atoms. The molecule has 7 nitrogen and oxygen atoms in total. The number of ether oxygens (including phenoxy) is 1. The molecule has 1 fully saturated rings. The molecule has 1 saturated heterocycles. The summed E-state index contributed by atoms with van der Waals surface area (Å²) >= 11 is 0. The molecule has 1 aliphatic heterocycles. The summed E-state index contributed by atoms with van der Waals surface area (Å²) in [6, 6.07) is 25.6. The Bertz CT molecular complexity index is 1930. The number of hydrogen-bond acceptors (Lipinski definition) is 5. The van der Waals surface area contributed by atoms with E-state index in [1.807, 2.05) is 78.9 Å². The van der Waals surface area contributed by atoms with E-state index in [9.17, 15) is 19.8 Å². The molecule has 5 aromatic rings. The normalized spacial score (nSPS) is 18.2. The molecule has 2 heterocycles. The van der Waals surface area contributed by atoms with Gasteiger partial charge in [0.05, 0.1) is 12.7 Å². The zero-order valence-corrected chi connectivity index (χ0v) is 21.3. The second kappa shape index (κ2) is 10.7. The van der Waals surface area contributed by atoms with Crippen LogP contribution >= 0.6 is 0 Å². The van der Waals surface area contributed by atoms with Gasteiger partial charge in [0, 0.05) is 29.3 Å². The van der Waals surface area contributed by atoms with Gasteiger partial charge in [-0.25, -0.2) is 4.79 Å². The highest BCUT2D eigenvalue weighted by Crippen LogP contribution is 2.32. The number of aliphatic hydroxyl groups is 2. The Morgan fingerprint density at radius 2 is 1.35 bits per heavy atom. The molecular weight excluding hydrogens is 504 g/mol. The van der Waals surface area contributed by atoms with E-state index in [1.165, 1.54) is 10.8 Å². The van der Waals surface area contributed by atoms with Crippen LogP contribution < -0.4 is 11.2 Å². The molecule has 3 atom stereocenters. The number of benzene rings is 4. The van der Waals surface area contributed by atoms with Crippen molar-refractivity contribution in [2.75, 3.05) is 6.61 Å². The Kier molecular flexibility index (Phi) is 6.77. The third-order valence-corrected chi connectivity index (χ3v) is 7.02. The van der Waals surface area contributed by atoms with E-state index < -0.39 is 29.7 Å². The smallest absolute Gasteiger partial charge is 0.330 e. The minimum absolute atomic E-state index is 0.0752. The summed E-state index contributed by atoms with van der Waals surface area (Å²) in [6.45, 7) is -0.381. The van der Waals surface area contributed by atoms with Gasteiger partial charge in [0.2, 0.25) is 0 Å². The van der Waals surface area contributed by atoms with E-state index in [1.54, 1.807) is 0 Å². The highest BCUT2D eigenvalue weighted by atomic mass is 16.5. The molecule has 0 radical (unpaired) electrons. The first kappa shape index (κ1) is 25.4. The van der Waals surface area contributed by atoms with Crippen molar-refractivity contribution in [2.24, 2.45) is 0 Å². The van der Waals surface area contributed by atoms with Crippen molar-refractivity contribution in [3.8, 4) is 23.7 Å². The molecule has 1 aliphatic rings. The van der Waals surface area contributed by atoms with E-state index in [4.69, 9.17) is 4.74 Å². The first-order valence-corrected chi connectivity index (χ1v) is 12.9. The largest absolute Gasteiger partial charge is 0.394 e. The molecule has 0 aliphatic carbocycles. The van der Waals surface area contributed by atoms with Crippen molar-refractivity contribution in [1.82, 2.24) is 9.55 Å². The van der Waals surface area contributed by atoms with Crippen LogP contribution in [0.4, 0.5) is 0 Å². The van der Waals surface area contributed by atoms with Gasteiger partial charge in [-0.15, -0.1) is 0 Å². The van der Waals surface area contributed by atoms with Gasteiger partial charge in [0.25, 0.3) is 5.56 Å². The van der Waals surface area contributed by atoms with E-state index in [0.29, 0.717) is 0 Å². The number of rotatable bonds is 2. The van der Waals surface area contributed by atoms with Crippen molar-refractivity contribution in [3.63, 3.8) is 0 Å². The summed E-state index contributed by atoms with van der Waals surface area (Å²) in [6.07, 6.45) is -1.12. The van der Waals surface area contributed by atoms with E-state index >= 15 is 0 Å². The molecule has 4 aromatic carbocycles. The summed E-state index contributed by atoms with van der Waals surface area (Å²) in [5.74, 6) is 12.8. The van der Waals surface area contributed by atoms with Crippen LogP contribution in [-0.4, -0.2) is 38.6 Å². The van der Waals surface area contributed by atoms with Crippen LogP contribution in [0.5, 0.6) is 0 Å². The van der Waals surface area contributed by atoms with Crippen molar-refractivity contribution in [2.45, 2.75) is 24.9 Å². The number of nitrogens with one attached hydrogen (secondary N) is 1. The maximum atomic E-state index is 12.7. The number of nitrogens with zero attached hydrogens (tertiary/aromatic N) is 1. The van der Waals surface area contributed by atoms with Gasteiger partial charge in [0.1, 0.15) is 17.9 Å². The Morgan fingerprint density at radius 1 is 0.800 bits per heavy atom. The summed E-state index contributed by atoms with van der Waals surface area (Å²) in [5, 5.41) is 23.2. The number of hydrogen-bond donors (Lipinski definition) is 3. The molecule has 196 valence electrons. The highest BCUT2D eigenvalue weighted by molar-refractivity contribution is 6.09. The predicted molar refractivity (Wildman–Crippen MR) is 153 cm³/mol. The highest BCUT2D eigenvalue weighted by Gasteiger charge is 2.35. The second-order valence-corrected chi connectivity index (χ2v) is 9.53. The fourth-order valence-corrected chi connectivity index (χ4v) is 5.02. The lowest BCUT2D eigenvalue weighted by molar-refractivity contribution is -0.0459. The van der Waals surface area contributed by atoms with Crippen molar-refractivity contribution in [3.05, 3.63) is 128 Å². The molecule has 0 bridgehead atoms. The average Bonchev–Trinajstić information content (AvgIpc) is 3.36. The number of aliphatic hydroxyl groups excluding tert-OH is 2. The summed E-state index contributed by atoms with van der Waals surface area (Å²) in [4.78, 5) is 27.5. The Morgan fingerprint density at radius 3 is 1.90 bits per heavy atom. The monoisotopic (exact) mass is 528 g/mol. The Balaban J connectivity index is 1.50. The molecule has 0 saturated carbocycles. The van der Waals surface area contributed by atoms with Crippen molar-refractivity contribution < 1.29 is 14.9 Å². The molecule has 40 heavy (non-hydrogen) atoms. The molecule has 0 amide bonds. The van der Waals surface area contributed by atoms with Crippen LogP contribution in [0.1, 0.15) is 34.9 Å². The van der Waals surface area contributed by atoms with Gasteiger partial charge in [-0.2, -0.15) is 0 Å². The zero-order valence-electron chi connectivity index (χ0n) is 21.3. The number of aromatic amines is 1. The number of aromatic nitrogens is 2. The van der Waals surface area contributed by atoms with Crippen LogP contribution in [0.15, 0.2) is 94.6 Å². The molecule has 3 N–H and O–H groups in total. The molecule has 6 rings (SSSR count). The minimum atomic E-state index is -0.926. The Hall–Kier alpha value is -4.92. The molecule has 0 unspecified atom stereocenters. The number of H-pyrrole nitrogens is 1. The van der Waals surface area contributed by atoms with Gasteiger partial charge in [-0.3, -0.25) is 14.3 Å². The van der Waals surface area contributed by atoms with Gasteiger partial charge < -0.3 is 14.9 Å². The van der Waals surface area contributed by atoms with Crippen LogP contribution in [0.3, 0.4) is 0 Å². The van der Waals surface area contributed by atoms with E-state index in [2.05, 4.69) is 28.7 Å². The fraction of sp³-hybridized carbons (Fsp3) is 0.152. The average molecular weight is 529 g/mol. The van der Waals surface area contributed by atoms with Gasteiger partial charge in [-0.05, 0) is 33.7 Å². The maximum absolute atomic E-state index is 12.7. The SMILES string of the molecule is O=c1[nH]c(=O)n([C@H]2C[C@H](O)[C@@H](CO)O2)cc1C#Cc1c2ccccc2c(C#Cc2ccccc2)c2ccccc12. The van der Waals surface area contributed by atoms with Crippen molar-refractivity contribution in [1.29, 1.82) is 0 Å². The third-order valence-electron chi connectivity index (χ3n) is 7.02. The van der Waals surface area contributed by atoms with Crippen LogP contribution in [0, 0.1) is 23.7 Å². The van der Waals surface area contributed by atoms with Crippen molar-refractivity contribution >= 4 is 21.5 Å². The van der Waals surface area contributed by atoms with Crippen LogP contribution in [0.25, 0.3) is 21.5 Å². The van der Waals surface area contributed by atoms with Crippen LogP contribution in [-0.2, 0) is 4.74 Å². The molecule has 1 aromatic heterocycles. The molecule has 7 heteroatoms. The topological polar surface area (TPSA) is 105 Å². The third kappa shape index (κ3) is 4.70. The summed E-state index contributed by atoms with van der Waals surface area (Å²) in [7, 11) is 0. The first-order chi connectivity index (χ1) is 19.5. The summed E-state index contributed by atoms with van der Waals surface area (Å²) < 4.78 is 6.81. The standard InChI is InChI=1S/C33H24N2O5/c36-20-30-29(37)18-31(40-30)35-19-22(32(38)34-33(35)39)15-17-28-25-12-6-4-10-23(25)27(24-11-5-7-13-26(24)28)16-14-21-8-2-1-3-9-21/h1-13,19,29-31,36-37H,18,20H2,(H,34,38,39)/t29-,30+,31+/m0/s1. The summed E-state index contributed by atoms with van der Waals surface area (Å²) in [5.41, 5.74) is 1.32. The van der Waals surface area contributed by atoms with Gasteiger partial charge in [0.15, 0.2) is 0 Å². The van der Waals surface area contributed by atoms with E-state index in [-0.39, 0.29) is 18.6 Å². The quantitative estimate of drug-likeness (QED) is 0.241. The lowest BCUT2D eigenvalue weighted by Crippen LogP contribution is -2.33. The molecular formula is C33H24N2O5. The maximum Gasteiger partial charge on any atom is 0.330 e. The van der Waals surface area contributed by atoms with Gasteiger partial charge in [-0.1, -0.05) is 90.4 Å². The lowest BCUT2D eigenvalue weighted by Gasteiger charge is -2.14. The van der Waals surface area contributed by atoms with Crippen LogP contribution in [0.2, 0.25) is 0 Å². The van der Waals surface area contributed by atoms with Gasteiger partial charge >= 0.3 is 5.69 Å². The first-order valence-electron chi connectivity index (χ1n) is 12.9. The minimum Gasteiger partial charge on any atom is -0.394 e. The predicted octanol–water partition coefficient (Wildman–Crippen LogP) is 3.28.